The Bertz CT molecular complexity index is 853. The minimum Gasteiger partial charge on any atom is -0.296 e. The number of hydrogen-bond acceptors (Lipinski definition) is 5. The van der Waals surface area contributed by atoms with Crippen molar-refractivity contribution in [3.8, 4) is 11.3 Å². The number of nitrogens with zero attached hydrogens (tertiary/aromatic N) is 3. The molecule has 3 heterocycles. The van der Waals surface area contributed by atoms with Crippen LogP contribution < -0.4 is 5.32 Å². The number of amides is 1. The molecule has 3 rings (SSSR count). The normalized spacial score (nSPS) is 11.2. The molecule has 5 nitrogen and oxygen atoms in total. The van der Waals surface area contributed by atoms with Crippen LogP contribution in [-0.4, -0.2) is 20.7 Å². The van der Waals surface area contributed by atoms with Gasteiger partial charge in [-0.3, -0.25) is 14.8 Å². The monoisotopic (exact) mass is 386 g/mol. The third-order valence-corrected chi connectivity index (χ3v) is 5.27. The SMILES string of the molecule is CC(C)n1ccc(C(=O)Nc2nc(-c3cc(Cl)sc3Cl)cs2)n1. The average molecular weight is 387 g/mol. The molecule has 120 valence electrons. The Hall–Kier alpha value is -1.41. The smallest absolute Gasteiger partial charge is 0.277 e. The molecule has 0 saturated carbocycles. The van der Waals surface area contributed by atoms with Crippen molar-refractivity contribution in [2.24, 2.45) is 0 Å². The first-order chi connectivity index (χ1) is 10.9. The van der Waals surface area contributed by atoms with Crippen molar-refractivity contribution in [3.05, 3.63) is 38.1 Å². The lowest BCUT2D eigenvalue weighted by Gasteiger charge is -2.03. The highest BCUT2D eigenvalue weighted by atomic mass is 35.5. The molecule has 0 aliphatic carbocycles. The Balaban J connectivity index is 1.76. The van der Waals surface area contributed by atoms with E-state index in [4.69, 9.17) is 23.2 Å². The third kappa shape index (κ3) is 3.58. The van der Waals surface area contributed by atoms with Crippen LogP contribution in [0.5, 0.6) is 0 Å². The van der Waals surface area contributed by atoms with Crippen LogP contribution in [0.25, 0.3) is 11.3 Å². The number of thiophene rings is 1. The van der Waals surface area contributed by atoms with E-state index in [0.29, 0.717) is 25.2 Å². The van der Waals surface area contributed by atoms with E-state index in [0.717, 1.165) is 5.56 Å². The highest BCUT2D eigenvalue weighted by Crippen LogP contribution is 2.38. The molecule has 0 aliphatic rings. The van der Waals surface area contributed by atoms with E-state index in [1.54, 1.807) is 23.0 Å². The fraction of sp³-hybridized carbons (Fsp3) is 0.214. The number of thiazole rings is 1. The van der Waals surface area contributed by atoms with Gasteiger partial charge in [-0.15, -0.1) is 22.7 Å². The van der Waals surface area contributed by atoms with Crippen molar-refractivity contribution in [3.63, 3.8) is 0 Å². The van der Waals surface area contributed by atoms with Gasteiger partial charge in [0, 0.05) is 23.2 Å². The Kier molecular flexibility index (Phi) is 4.72. The molecule has 3 aromatic heterocycles. The van der Waals surface area contributed by atoms with E-state index in [9.17, 15) is 4.79 Å². The third-order valence-electron chi connectivity index (χ3n) is 3.03. The van der Waals surface area contributed by atoms with E-state index >= 15 is 0 Å². The Morgan fingerprint density at radius 2 is 2.17 bits per heavy atom. The maximum atomic E-state index is 12.2. The summed E-state index contributed by atoms with van der Waals surface area (Å²) >= 11 is 14.7. The van der Waals surface area contributed by atoms with Crippen molar-refractivity contribution in [1.82, 2.24) is 14.8 Å². The van der Waals surface area contributed by atoms with Crippen molar-refractivity contribution in [2.75, 3.05) is 5.32 Å². The zero-order valence-electron chi connectivity index (χ0n) is 12.2. The Labute approximate surface area is 150 Å². The Morgan fingerprint density at radius 1 is 1.39 bits per heavy atom. The fourth-order valence-corrected chi connectivity index (χ4v) is 4.06. The molecule has 0 fully saturated rings. The molecule has 23 heavy (non-hydrogen) atoms. The van der Waals surface area contributed by atoms with E-state index < -0.39 is 0 Å². The van der Waals surface area contributed by atoms with Crippen molar-refractivity contribution < 1.29 is 4.79 Å². The van der Waals surface area contributed by atoms with Gasteiger partial charge in [0.15, 0.2) is 10.8 Å². The quantitative estimate of drug-likeness (QED) is 0.669. The predicted octanol–water partition coefficient (Wildman–Crippen LogP) is 5.21. The lowest BCUT2D eigenvalue weighted by molar-refractivity contribution is 0.102. The first-order valence-electron chi connectivity index (χ1n) is 6.71. The number of carbonyl (C=O) groups is 1. The van der Waals surface area contributed by atoms with Crippen LogP contribution in [0.3, 0.4) is 0 Å². The summed E-state index contributed by atoms with van der Waals surface area (Å²) in [4.78, 5) is 16.6. The van der Waals surface area contributed by atoms with Gasteiger partial charge in [-0.1, -0.05) is 23.2 Å². The highest BCUT2D eigenvalue weighted by Gasteiger charge is 2.15. The molecule has 0 spiro atoms. The van der Waals surface area contributed by atoms with E-state index in [1.165, 1.54) is 22.7 Å². The van der Waals surface area contributed by atoms with Gasteiger partial charge in [-0.25, -0.2) is 4.98 Å². The minimum absolute atomic E-state index is 0.202. The van der Waals surface area contributed by atoms with Crippen LogP contribution in [0.4, 0.5) is 5.13 Å². The van der Waals surface area contributed by atoms with Gasteiger partial charge in [-0.2, -0.15) is 5.10 Å². The zero-order chi connectivity index (χ0) is 16.6. The molecular formula is C14H12Cl2N4OS2. The molecular weight excluding hydrogens is 375 g/mol. The average Bonchev–Trinajstić information content (AvgIpc) is 3.18. The molecule has 0 bridgehead atoms. The van der Waals surface area contributed by atoms with Crippen LogP contribution in [0.15, 0.2) is 23.7 Å². The van der Waals surface area contributed by atoms with Gasteiger partial charge < -0.3 is 0 Å². The van der Waals surface area contributed by atoms with E-state index in [2.05, 4.69) is 15.4 Å². The number of rotatable bonds is 4. The second-order valence-corrected chi connectivity index (χ2v) is 8.15. The lowest BCUT2D eigenvalue weighted by atomic mass is 10.3. The summed E-state index contributed by atoms with van der Waals surface area (Å²) in [7, 11) is 0. The number of aromatic nitrogens is 3. The highest BCUT2D eigenvalue weighted by molar-refractivity contribution is 7.20. The number of carbonyl (C=O) groups excluding carboxylic acids is 1. The van der Waals surface area contributed by atoms with Gasteiger partial charge >= 0.3 is 0 Å². The molecule has 1 N–H and O–H groups in total. The minimum atomic E-state index is -0.292. The molecule has 0 unspecified atom stereocenters. The van der Waals surface area contributed by atoms with Crippen LogP contribution in [0.2, 0.25) is 8.67 Å². The van der Waals surface area contributed by atoms with Gasteiger partial charge in [0.1, 0.15) is 4.34 Å². The summed E-state index contributed by atoms with van der Waals surface area (Å²) in [6.07, 6.45) is 1.78. The Morgan fingerprint density at radius 3 is 2.78 bits per heavy atom. The molecule has 0 aromatic carbocycles. The van der Waals surface area contributed by atoms with Gasteiger partial charge in [0.2, 0.25) is 0 Å². The first-order valence-corrected chi connectivity index (χ1v) is 9.16. The standard InChI is InChI=1S/C14H12Cl2N4OS2/c1-7(2)20-4-3-9(19-20)13(21)18-14-17-10(6-22-14)8-5-11(15)23-12(8)16/h3-7H,1-2H3,(H,17,18,21). The molecule has 0 aliphatic heterocycles. The largest absolute Gasteiger partial charge is 0.296 e. The zero-order valence-corrected chi connectivity index (χ0v) is 15.4. The van der Waals surface area contributed by atoms with Crippen LogP contribution in [-0.2, 0) is 0 Å². The second kappa shape index (κ2) is 6.60. The molecule has 0 saturated heterocycles. The van der Waals surface area contributed by atoms with E-state index in [-0.39, 0.29) is 11.9 Å². The first kappa shape index (κ1) is 16.4. The summed E-state index contributed by atoms with van der Waals surface area (Å²) in [6, 6.07) is 3.65. The molecule has 0 radical (unpaired) electrons. The summed E-state index contributed by atoms with van der Waals surface area (Å²) in [5.41, 5.74) is 1.81. The maximum absolute atomic E-state index is 12.2. The van der Waals surface area contributed by atoms with Gasteiger partial charge in [-0.05, 0) is 26.0 Å². The topological polar surface area (TPSA) is 59.8 Å². The van der Waals surface area contributed by atoms with Gasteiger partial charge in [0.25, 0.3) is 5.91 Å². The van der Waals surface area contributed by atoms with Gasteiger partial charge in [0.05, 0.1) is 10.0 Å². The molecule has 1 amide bonds. The summed E-state index contributed by atoms with van der Waals surface area (Å²) in [5, 5.41) is 9.29. The number of nitrogens with one attached hydrogen (secondary N) is 1. The predicted molar refractivity (Wildman–Crippen MR) is 96.0 cm³/mol. The summed E-state index contributed by atoms with van der Waals surface area (Å²) < 4.78 is 2.91. The van der Waals surface area contributed by atoms with Crippen molar-refractivity contribution >= 4 is 56.9 Å². The number of halogens is 2. The van der Waals surface area contributed by atoms with Crippen molar-refractivity contribution in [1.29, 1.82) is 0 Å². The second-order valence-electron chi connectivity index (χ2n) is 5.00. The number of hydrogen-bond donors (Lipinski definition) is 1. The van der Waals surface area contributed by atoms with Crippen LogP contribution in [0.1, 0.15) is 30.4 Å². The molecule has 9 heteroatoms. The summed E-state index contributed by atoms with van der Waals surface area (Å²) in [6.45, 7) is 4.00. The molecule has 0 atom stereocenters. The molecule has 3 aromatic rings. The number of anilines is 1. The van der Waals surface area contributed by atoms with Crippen LogP contribution >= 0.6 is 45.9 Å². The van der Waals surface area contributed by atoms with Crippen molar-refractivity contribution in [2.45, 2.75) is 19.9 Å². The fourth-order valence-electron chi connectivity index (χ4n) is 1.88. The van der Waals surface area contributed by atoms with E-state index in [1.807, 2.05) is 19.2 Å². The summed E-state index contributed by atoms with van der Waals surface area (Å²) in [5.74, 6) is -0.292. The lowest BCUT2D eigenvalue weighted by Crippen LogP contribution is -2.13. The van der Waals surface area contributed by atoms with Crippen LogP contribution in [0, 0.1) is 0 Å². The maximum Gasteiger partial charge on any atom is 0.277 e.